The molecule has 1 unspecified atom stereocenters. The third kappa shape index (κ3) is 3.86. The van der Waals surface area contributed by atoms with Crippen molar-refractivity contribution in [2.45, 2.75) is 64.0 Å². The van der Waals surface area contributed by atoms with Crippen LogP contribution in [0.25, 0.3) is 10.9 Å². The number of likely N-dealkylation sites (tertiary alicyclic amines) is 1. The van der Waals surface area contributed by atoms with E-state index < -0.39 is 18.3 Å². The SMILES string of the molecule is O=c1c2ccccc2nc(C2CCCN2Cc2ncc3n2CCCC3)n1CC(F)(F)F. The molecule has 6 nitrogen and oxygen atoms in total. The van der Waals surface area contributed by atoms with E-state index in [1.165, 1.54) is 11.8 Å². The van der Waals surface area contributed by atoms with Gasteiger partial charge < -0.3 is 4.57 Å². The number of hydrogen-bond acceptors (Lipinski definition) is 4. The average molecular weight is 431 g/mol. The predicted molar refractivity (Wildman–Crippen MR) is 110 cm³/mol. The van der Waals surface area contributed by atoms with Crippen LogP contribution in [-0.2, 0) is 26.1 Å². The largest absolute Gasteiger partial charge is 0.406 e. The quantitative estimate of drug-likeness (QED) is 0.630. The third-order valence-electron chi connectivity index (χ3n) is 6.32. The van der Waals surface area contributed by atoms with Gasteiger partial charge in [-0.2, -0.15) is 13.2 Å². The van der Waals surface area contributed by atoms with E-state index in [0.717, 1.165) is 49.2 Å². The van der Waals surface area contributed by atoms with Gasteiger partial charge in [-0.25, -0.2) is 9.97 Å². The van der Waals surface area contributed by atoms with Gasteiger partial charge in [-0.05, 0) is 50.8 Å². The van der Waals surface area contributed by atoms with Crippen LogP contribution >= 0.6 is 0 Å². The summed E-state index contributed by atoms with van der Waals surface area (Å²) in [7, 11) is 0. The van der Waals surface area contributed by atoms with Crippen molar-refractivity contribution < 1.29 is 13.2 Å². The summed E-state index contributed by atoms with van der Waals surface area (Å²) in [6, 6.07) is 6.26. The first-order valence-corrected chi connectivity index (χ1v) is 10.7. The molecule has 2 aliphatic rings. The topological polar surface area (TPSA) is 56.0 Å². The lowest BCUT2D eigenvalue weighted by Gasteiger charge is -2.27. The summed E-state index contributed by atoms with van der Waals surface area (Å²) in [4.78, 5) is 24.3. The van der Waals surface area contributed by atoms with Gasteiger partial charge in [0, 0.05) is 18.4 Å². The highest BCUT2D eigenvalue weighted by Crippen LogP contribution is 2.33. The number of nitrogens with zero attached hydrogens (tertiary/aromatic N) is 5. The van der Waals surface area contributed by atoms with Crippen LogP contribution in [0.1, 0.15) is 49.1 Å². The molecule has 1 aromatic carbocycles. The van der Waals surface area contributed by atoms with E-state index in [9.17, 15) is 18.0 Å². The maximum atomic E-state index is 13.4. The van der Waals surface area contributed by atoms with Crippen LogP contribution in [0.15, 0.2) is 35.3 Å². The fraction of sp³-hybridized carbons (Fsp3) is 0.500. The zero-order valence-corrected chi connectivity index (χ0v) is 17.1. The van der Waals surface area contributed by atoms with E-state index in [2.05, 4.69) is 19.4 Å². The number of alkyl halides is 3. The normalized spacial score (nSPS) is 19.8. The molecule has 164 valence electrons. The Bertz CT molecular complexity index is 1170. The van der Waals surface area contributed by atoms with E-state index in [1.807, 2.05) is 6.20 Å². The van der Waals surface area contributed by atoms with Crippen molar-refractivity contribution in [1.29, 1.82) is 0 Å². The number of halogens is 3. The molecule has 0 amide bonds. The standard InChI is InChI=1S/C22H24F3N5O/c23-22(24,25)14-30-20(27-17-8-2-1-7-16(17)21(30)31)18-9-5-10-28(18)13-19-26-12-15-6-3-4-11-29(15)19/h1-2,7-8,12,18H,3-6,9-11,13-14H2. The first-order chi connectivity index (χ1) is 14.9. The van der Waals surface area contributed by atoms with Crippen LogP contribution in [0.3, 0.4) is 0 Å². The zero-order chi connectivity index (χ0) is 21.6. The number of fused-ring (bicyclic) bond motifs is 2. The van der Waals surface area contributed by atoms with Crippen LogP contribution in [-0.4, -0.2) is 36.7 Å². The van der Waals surface area contributed by atoms with Crippen LogP contribution in [0.5, 0.6) is 0 Å². The minimum Gasteiger partial charge on any atom is -0.331 e. The van der Waals surface area contributed by atoms with Crippen molar-refractivity contribution in [1.82, 2.24) is 24.0 Å². The Morgan fingerprint density at radius 3 is 2.77 bits per heavy atom. The smallest absolute Gasteiger partial charge is 0.331 e. The number of para-hydroxylation sites is 1. The molecule has 0 radical (unpaired) electrons. The van der Waals surface area contributed by atoms with E-state index in [-0.39, 0.29) is 17.3 Å². The number of rotatable bonds is 4. The lowest BCUT2D eigenvalue weighted by Crippen LogP contribution is -2.36. The fourth-order valence-electron chi connectivity index (χ4n) is 4.89. The van der Waals surface area contributed by atoms with Gasteiger partial charge >= 0.3 is 6.18 Å². The van der Waals surface area contributed by atoms with Crippen LogP contribution in [0.4, 0.5) is 13.2 Å². The van der Waals surface area contributed by atoms with Gasteiger partial charge in [0.15, 0.2) is 0 Å². The fourth-order valence-corrected chi connectivity index (χ4v) is 4.89. The summed E-state index contributed by atoms with van der Waals surface area (Å²) < 4.78 is 43.2. The Hall–Kier alpha value is -2.68. The molecular formula is C22H24F3N5O. The zero-order valence-electron chi connectivity index (χ0n) is 17.1. The molecule has 4 heterocycles. The number of benzene rings is 1. The lowest BCUT2D eigenvalue weighted by atomic mass is 10.1. The van der Waals surface area contributed by atoms with Crippen molar-refractivity contribution >= 4 is 10.9 Å². The number of hydrogen-bond donors (Lipinski definition) is 0. The maximum absolute atomic E-state index is 13.4. The van der Waals surface area contributed by atoms with Crippen molar-refractivity contribution in [3.05, 3.63) is 58.2 Å². The molecule has 2 aromatic heterocycles. The van der Waals surface area contributed by atoms with Crippen LogP contribution in [0, 0.1) is 0 Å². The minimum absolute atomic E-state index is 0.198. The number of aryl methyl sites for hydroxylation is 1. The molecule has 5 rings (SSSR count). The Balaban J connectivity index is 1.55. The third-order valence-corrected chi connectivity index (χ3v) is 6.32. The summed E-state index contributed by atoms with van der Waals surface area (Å²) in [6.45, 7) is 0.874. The monoisotopic (exact) mass is 431 g/mol. The summed E-state index contributed by atoms with van der Waals surface area (Å²) in [5, 5.41) is 0.211. The second-order valence-electron chi connectivity index (χ2n) is 8.40. The van der Waals surface area contributed by atoms with E-state index in [1.54, 1.807) is 18.2 Å². The molecule has 1 saturated heterocycles. The van der Waals surface area contributed by atoms with E-state index in [0.29, 0.717) is 18.5 Å². The predicted octanol–water partition coefficient (Wildman–Crippen LogP) is 3.83. The van der Waals surface area contributed by atoms with E-state index in [4.69, 9.17) is 0 Å². The summed E-state index contributed by atoms with van der Waals surface area (Å²) in [5.74, 6) is 1.14. The molecule has 0 bridgehead atoms. The van der Waals surface area contributed by atoms with Gasteiger partial charge in [0.05, 0.1) is 23.5 Å². The van der Waals surface area contributed by atoms with Gasteiger partial charge in [0.25, 0.3) is 5.56 Å². The molecule has 1 fully saturated rings. The molecule has 1 atom stereocenters. The van der Waals surface area contributed by atoms with Crippen molar-refractivity contribution in [2.24, 2.45) is 0 Å². The molecule has 0 N–H and O–H groups in total. The van der Waals surface area contributed by atoms with Crippen molar-refractivity contribution in [3.8, 4) is 0 Å². The average Bonchev–Trinajstić information content (AvgIpc) is 3.37. The highest BCUT2D eigenvalue weighted by Gasteiger charge is 2.35. The van der Waals surface area contributed by atoms with E-state index >= 15 is 0 Å². The van der Waals surface area contributed by atoms with Crippen molar-refractivity contribution in [2.75, 3.05) is 6.54 Å². The summed E-state index contributed by atoms with van der Waals surface area (Å²) in [6.07, 6.45) is 2.18. The Kier molecular flexibility index (Phi) is 5.08. The molecule has 31 heavy (non-hydrogen) atoms. The van der Waals surface area contributed by atoms with Crippen LogP contribution < -0.4 is 5.56 Å². The summed E-state index contributed by atoms with van der Waals surface area (Å²) >= 11 is 0. The lowest BCUT2D eigenvalue weighted by molar-refractivity contribution is -0.142. The second-order valence-corrected chi connectivity index (χ2v) is 8.40. The van der Waals surface area contributed by atoms with Gasteiger partial charge in [-0.15, -0.1) is 0 Å². The second kappa shape index (κ2) is 7.78. The summed E-state index contributed by atoms with van der Waals surface area (Å²) in [5.41, 5.74) is 1.02. The Morgan fingerprint density at radius 2 is 1.94 bits per heavy atom. The molecule has 2 aliphatic heterocycles. The number of aromatic nitrogens is 4. The first kappa shape index (κ1) is 20.2. The minimum atomic E-state index is -4.51. The van der Waals surface area contributed by atoms with Gasteiger partial charge in [-0.3, -0.25) is 14.3 Å². The molecule has 9 heteroatoms. The van der Waals surface area contributed by atoms with Gasteiger partial charge in [0.1, 0.15) is 18.2 Å². The molecule has 3 aromatic rings. The highest BCUT2D eigenvalue weighted by molar-refractivity contribution is 5.77. The molecule has 0 saturated carbocycles. The van der Waals surface area contributed by atoms with Crippen molar-refractivity contribution in [3.63, 3.8) is 0 Å². The first-order valence-electron chi connectivity index (χ1n) is 10.7. The van der Waals surface area contributed by atoms with Crippen LogP contribution in [0.2, 0.25) is 0 Å². The molecule has 0 aliphatic carbocycles. The van der Waals surface area contributed by atoms with Gasteiger partial charge in [0.2, 0.25) is 0 Å². The highest BCUT2D eigenvalue weighted by atomic mass is 19.4. The van der Waals surface area contributed by atoms with Gasteiger partial charge in [-0.1, -0.05) is 12.1 Å². The number of imidazole rings is 1. The Labute approximate surface area is 177 Å². The molecular weight excluding hydrogens is 407 g/mol. The molecule has 0 spiro atoms. The maximum Gasteiger partial charge on any atom is 0.406 e. The Morgan fingerprint density at radius 1 is 1.10 bits per heavy atom.